The summed E-state index contributed by atoms with van der Waals surface area (Å²) in [6.07, 6.45) is 0.820. The average Bonchev–Trinajstić information content (AvgIpc) is 2.86. The summed E-state index contributed by atoms with van der Waals surface area (Å²) in [5.41, 5.74) is 3.72. The molecular weight excluding hydrogens is 266 g/mol. The van der Waals surface area contributed by atoms with Gasteiger partial charge in [0.1, 0.15) is 11.4 Å². The molecule has 110 valence electrons. The maximum absolute atomic E-state index is 12.7. The fraction of sp³-hybridized carbons (Fsp3) is 0.375. The Kier molecular flexibility index (Phi) is 3.41. The topological polar surface area (TPSA) is 58.4 Å². The van der Waals surface area contributed by atoms with Crippen molar-refractivity contribution in [1.82, 2.24) is 14.7 Å². The van der Waals surface area contributed by atoms with E-state index in [1.165, 1.54) is 5.56 Å². The van der Waals surface area contributed by atoms with Gasteiger partial charge >= 0.3 is 0 Å². The summed E-state index contributed by atoms with van der Waals surface area (Å²) in [4.78, 5) is 14.5. The van der Waals surface area contributed by atoms with Crippen molar-refractivity contribution >= 4 is 5.91 Å². The third-order valence-corrected chi connectivity index (χ3v) is 3.91. The zero-order valence-electron chi connectivity index (χ0n) is 12.3. The molecule has 5 heteroatoms. The van der Waals surface area contributed by atoms with E-state index in [1.54, 1.807) is 16.8 Å². The standard InChI is InChI=1S/C16H19N3O2/c1-3-19-15(8-11(2)17-19)16(21)18-7-6-12-4-5-14(20)9-13(12)10-18/h4-5,8-9,20H,3,6-7,10H2,1-2H3. The first kappa shape index (κ1) is 13.7. The molecule has 0 bridgehead atoms. The molecule has 0 saturated carbocycles. The molecule has 1 N–H and O–H groups in total. The zero-order chi connectivity index (χ0) is 15.0. The molecule has 1 aliphatic heterocycles. The predicted octanol–water partition coefficient (Wildman–Crippen LogP) is 2.12. The molecule has 2 heterocycles. The van der Waals surface area contributed by atoms with Crippen LogP contribution < -0.4 is 0 Å². The second-order valence-electron chi connectivity index (χ2n) is 5.42. The Hall–Kier alpha value is -2.30. The molecule has 0 atom stereocenters. The second kappa shape index (κ2) is 5.24. The van der Waals surface area contributed by atoms with Crippen molar-refractivity contribution in [3.05, 3.63) is 46.8 Å². The van der Waals surface area contributed by atoms with Crippen LogP contribution in [-0.2, 0) is 19.5 Å². The van der Waals surface area contributed by atoms with Crippen molar-refractivity contribution in [1.29, 1.82) is 0 Å². The van der Waals surface area contributed by atoms with Crippen molar-refractivity contribution in [3.63, 3.8) is 0 Å². The van der Waals surface area contributed by atoms with Gasteiger partial charge < -0.3 is 10.0 Å². The van der Waals surface area contributed by atoms with Crippen LogP contribution in [0.1, 0.15) is 34.2 Å². The number of nitrogens with zero attached hydrogens (tertiary/aromatic N) is 3. The summed E-state index contributed by atoms with van der Waals surface area (Å²) in [6.45, 7) is 5.79. The second-order valence-corrected chi connectivity index (χ2v) is 5.42. The van der Waals surface area contributed by atoms with Crippen molar-refractivity contribution in [2.24, 2.45) is 0 Å². The number of phenols is 1. The maximum atomic E-state index is 12.7. The average molecular weight is 285 g/mol. The Labute approximate surface area is 123 Å². The number of aromatic nitrogens is 2. The molecule has 3 rings (SSSR count). The number of aromatic hydroxyl groups is 1. The monoisotopic (exact) mass is 285 g/mol. The Bertz CT molecular complexity index is 691. The third kappa shape index (κ3) is 2.51. The lowest BCUT2D eigenvalue weighted by molar-refractivity contribution is 0.0722. The lowest BCUT2D eigenvalue weighted by Crippen LogP contribution is -2.37. The number of carbonyl (C=O) groups excluding carboxylic acids is 1. The van der Waals surface area contributed by atoms with Crippen LogP contribution in [0.2, 0.25) is 0 Å². The molecule has 21 heavy (non-hydrogen) atoms. The summed E-state index contributed by atoms with van der Waals surface area (Å²) in [5, 5.41) is 13.9. The number of benzene rings is 1. The Morgan fingerprint density at radius 3 is 2.90 bits per heavy atom. The molecule has 0 aliphatic carbocycles. The largest absolute Gasteiger partial charge is 0.508 e. The number of rotatable bonds is 2. The summed E-state index contributed by atoms with van der Waals surface area (Å²) >= 11 is 0. The van der Waals surface area contributed by atoms with E-state index in [1.807, 2.05) is 30.9 Å². The van der Waals surface area contributed by atoms with Crippen LogP contribution >= 0.6 is 0 Å². The van der Waals surface area contributed by atoms with Gasteiger partial charge in [-0.05, 0) is 49.6 Å². The van der Waals surface area contributed by atoms with Gasteiger partial charge in [0.25, 0.3) is 5.91 Å². The van der Waals surface area contributed by atoms with Crippen molar-refractivity contribution in [2.75, 3.05) is 6.54 Å². The molecule has 0 radical (unpaired) electrons. The van der Waals surface area contributed by atoms with E-state index < -0.39 is 0 Å². The lowest BCUT2D eigenvalue weighted by atomic mass is 9.99. The van der Waals surface area contributed by atoms with Crippen LogP contribution in [0.15, 0.2) is 24.3 Å². The van der Waals surface area contributed by atoms with E-state index in [0.717, 1.165) is 17.7 Å². The normalized spacial score (nSPS) is 14.1. The van der Waals surface area contributed by atoms with Gasteiger partial charge in [0.05, 0.1) is 5.69 Å². The highest BCUT2D eigenvalue weighted by Crippen LogP contribution is 2.24. The minimum atomic E-state index is 0.00597. The van der Waals surface area contributed by atoms with Gasteiger partial charge in [0.2, 0.25) is 0 Å². The summed E-state index contributed by atoms with van der Waals surface area (Å²) in [6, 6.07) is 7.22. The van der Waals surface area contributed by atoms with E-state index in [2.05, 4.69) is 5.10 Å². The number of hydrogen-bond acceptors (Lipinski definition) is 3. The van der Waals surface area contributed by atoms with E-state index in [4.69, 9.17) is 0 Å². The van der Waals surface area contributed by atoms with E-state index in [0.29, 0.717) is 25.3 Å². The predicted molar refractivity (Wildman–Crippen MR) is 79.2 cm³/mol. The molecule has 1 aromatic carbocycles. The molecular formula is C16H19N3O2. The van der Waals surface area contributed by atoms with Crippen molar-refractivity contribution in [3.8, 4) is 5.75 Å². The SMILES string of the molecule is CCn1nc(C)cc1C(=O)N1CCc2ccc(O)cc2C1. The fourth-order valence-corrected chi connectivity index (χ4v) is 2.84. The quantitative estimate of drug-likeness (QED) is 0.919. The van der Waals surface area contributed by atoms with E-state index >= 15 is 0 Å². The molecule has 0 fully saturated rings. The summed E-state index contributed by atoms with van der Waals surface area (Å²) < 4.78 is 1.75. The number of hydrogen-bond donors (Lipinski definition) is 1. The lowest BCUT2D eigenvalue weighted by Gasteiger charge is -2.29. The fourth-order valence-electron chi connectivity index (χ4n) is 2.84. The van der Waals surface area contributed by atoms with Gasteiger partial charge in [-0.2, -0.15) is 5.10 Å². The number of aryl methyl sites for hydroxylation is 2. The third-order valence-electron chi connectivity index (χ3n) is 3.91. The zero-order valence-corrected chi connectivity index (χ0v) is 12.3. The van der Waals surface area contributed by atoms with E-state index in [-0.39, 0.29) is 11.7 Å². The Morgan fingerprint density at radius 2 is 2.14 bits per heavy atom. The molecule has 1 aliphatic rings. The van der Waals surface area contributed by atoms with Gasteiger partial charge in [-0.3, -0.25) is 9.48 Å². The van der Waals surface area contributed by atoms with Crippen LogP contribution in [0.5, 0.6) is 5.75 Å². The Balaban J connectivity index is 1.86. The highest BCUT2D eigenvalue weighted by molar-refractivity contribution is 5.92. The van der Waals surface area contributed by atoms with Crippen molar-refractivity contribution in [2.45, 2.75) is 33.4 Å². The maximum Gasteiger partial charge on any atom is 0.272 e. The first-order valence-corrected chi connectivity index (χ1v) is 7.23. The van der Waals surface area contributed by atoms with Crippen LogP contribution in [-0.4, -0.2) is 32.2 Å². The highest BCUT2D eigenvalue weighted by Gasteiger charge is 2.24. The minimum absolute atomic E-state index is 0.00597. The summed E-state index contributed by atoms with van der Waals surface area (Å²) in [5.74, 6) is 0.254. The first-order chi connectivity index (χ1) is 10.1. The minimum Gasteiger partial charge on any atom is -0.508 e. The Morgan fingerprint density at radius 1 is 1.33 bits per heavy atom. The van der Waals surface area contributed by atoms with Gasteiger partial charge in [-0.25, -0.2) is 0 Å². The summed E-state index contributed by atoms with van der Waals surface area (Å²) in [7, 11) is 0. The molecule has 1 amide bonds. The molecule has 1 aromatic heterocycles. The smallest absolute Gasteiger partial charge is 0.272 e. The molecule has 0 saturated heterocycles. The molecule has 0 spiro atoms. The molecule has 5 nitrogen and oxygen atoms in total. The van der Waals surface area contributed by atoms with Gasteiger partial charge in [-0.15, -0.1) is 0 Å². The van der Waals surface area contributed by atoms with E-state index in [9.17, 15) is 9.90 Å². The molecule has 0 unspecified atom stereocenters. The van der Waals surface area contributed by atoms with Gasteiger partial charge in [-0.1, -0.05) is 6.07 Å². The first-order valence-electron chi connectivity index (χ1n) is 7.23. The van der Waals surface area contributed by atoms with Crippen LogP contribution in [0.4, 0.5) is 0 Å². The van der Waals surface area contributed by atoms with Crippen molar-refractivity contribution < 1.29 is 9.90 Å². The number of phenolic OH excluding ortho intramolecular Hbond substituents is 1. The molecule has 2 aromatic rings. The van der Waals surface area contributed by atoms with Crippen LogP contribution in [0.25, 0.3) is 0 Å². The van der Waals surface area contributed by atoms with Crippen LogP contribution in [0, 0.1) is 6.92 Å². The highest BCUT2D eigenvalue weighted by atomic mass is 16.3. The van der Waals surface area contributed by atoms with Crippen LogP contribution in [0.3, 0.4) is 0 Å². The number of amides is 1. The van der Waals surface area contributed by atoms with Gasteiger partial charge in [0.15, 0.2) is 0 Å². The number of carbonyl (C=O) groups is 1. The van der Waals surface area contributed by atoms with Gasteiger partial charge in [0, 0.05) is 19.6 Å². The number of fused-ring (bicyclic) bond motifs is 1.